The highest BCUT2D eigenvalue weighted by molar-refractivity contribution is 4.73. The summed E-state index contributed by atoms with van der Waals surface area (Å²) < 4.78 is 5.66. The van der Waals surface area contributed by atoms with E-state index in [2.05, 4.69) is 5.32 Å². The number of nitrogens with one attached hydrogen (secondary N) is 1. The van der Waals surface area contributed by atoms with Crippen LogP contribution in [0.2, 0.25) is 0 Å². The number of hydrogen-bond donors (Lipinski definition) is 1. The molecule has 0 aromatic heterocycles. The molecule has 1 saturated carbocycles. The Balaban J connectivity index is 1.46. The van der Waals surface area contributed by atoms with Crippen LogP contribution in [0.4, 0.5) is 0 Å². The molecule has 0 spiro atoms. The van der Waals surface area contributed by atoms with Crippen LogP contribution in [0.1, 0.15) is 38.5 Å². The first-order chi connectivity index (χ1) is 6.45. The molecule has 2 heteroatoms. The second-order valence-electron chi connectivity index (χ2n) is 4.45. The maximum absolute atomic E-state index is 5.66. The highest BCUT2D eigenvalue weighted by Gasteiger charge is 2.20. The summed E-state index contributed by atoms with van der Waals surface area (Å²) >= 11 is 0. The Hall–Kier alpha value is -0.0800. The van der Waals surface area contributed by atoms with Gasteiger partial charge in [-0.05, 0) is 31.7 Å². The second kappa shape index (κ2) is 4.97. The quantitative estimate of drug-likeness (QED) is 0.658. The third-order valence-electron chi connectivity index (χ3n) is 3.10. The van der Waals surface area contributed by atoms with Crippen molar-refractivity contribution in [1.82, 2.24) is 5.32 Å². The van der Waals surface area contributed by atoms with Crippen molar-refractivity contribution in [3.8, 4) is 0 Å². The molecule has 1 N–H and O–H groups in total. The van der Waals surface area contributed by atoms with E-state index in [1.54, 1.807) is 0 Å². The molecular formula is C11H21NO. The van der Waals surface area contributed by atoms with Gasteiger partial charge in [-0.1, -0.05) is 19.3 Å². The standard InChI is InChI=1S/C11H21NO/c1-2-7-12-11(3-1)9-13-8-6-10-4-5-10/h10-12H,1-9H2. The third-order valence-corrected chi connectivity index (χ3v) is 3.10. The Morgan fingerprint density at radius 3 is 2.77 bits per heavy atom. The van der Waals surface area contributed by atoms with Crippen LogP contribution in [-0.4, -0.2) is 25.8 Å². The molecule has 1 aliphatic carbocycles. The van der Waals surface area contributed by atoms with Crippen molar-refractivity contribution < 1.29 is 4.74 Å². The molecule has 2 nitrogen and oxygen atoms in total. The lowest BCUT2D eigenvalue weighted by Gasteiger charge is -2.23. The van der Waals surface area contributed by atoms with Crippen molar-refractivity contribution in [2.75, 3.05) is 19.8 Å². The van der Waals surface area contributed by atoms with Crippen LogP contribution in [0.3, 0.4) is 0 Å². The highest BCUT2D eigenvalue weighted by atomic mass is 16.5. The van der Waals surface area contributed by atoms with Gasteiger partial charge in [-0.25, -0.2) is 0 Å². The molecule has 0 aromatic carbocycles. The van der Waals surface area contributed by atoms with E-state index in [4.69, 9.17) is 4.74 Å². The molecule has 0 radical (unpaired) electrons. The molecule has 1 unspecified atom stereocenters. The van der Waals surface area contributed by atoms with Gasteiger partial charge < -0.3 is 10.1 Å². The predicted octanol–water partition coefficient (Wildman–Crippen LogP) is 1.95. The van der Waals surface area contributed by atoms with Crippen LogP contribution < -0.4 is 5.32 Å². The number of rotatable bonds is 5. The van der Waals surface area contributed by atoms with E-state index in [0.717, 1.165) is 19.1 Å². The van der Waals surface area contributed by atoms with Crippen molar-refractivity contribution >= 4 is 0 Å². The summed E-state index contributed by atoms with van der Waals surface area (Å²) in [6.45, 7) is 3.12. The first kappa shape index (κ1) is 9.47. The second-order valence-corrected chi connectivity index (χ2v) is 4.45. The zero-order chi connectivity index (χ0) is 8.93. The summed E-state index contributed by atoms with van der Waals surface area (Å²) in [4.78, 5) is 0. The topological polar surface area (TPSA) is 21.3 Å². The number of piperidine rings is 1. The molecule has 1 atom stereocenters. The summed E-state index contributed by atoms with van der Waals surface area (Å²) in [5, 5.41) is 3.50. The summed E-state index contributed by atoms with van der Waals surface area (Å²) in [5.74, 6) is 1.01. The van der Waals surface area contributed by atoms with Gasteiger partial charge in [-0.15, -0.1) is 0 Å². The van der Waals surface area contributed by atoms with Crippen LogP contribution in [-0.2, 0) is 4.74 Å². The molecule has 1 heterocycles. The molecule has 0 amide bonds. The van der Waals surface area contributed by atoms with Gasteiger partial charge in [0, 0.05) is 12.6 Å². The lowest BCUT2D eigenvalue weighted by atomic mass is 10.1. The molecule has 13 heavy (non-hydrogen) atoms. The monoisotopic (exact) mass is 183 g/mol. The van der Waals surface area contributed by atoms with E-state index in [-0.39, 0.29) is 0 Å². The fourth-order valence-electron chi connectivity index (χ4n) is 1.95. The molecule has 2 aliphatic rings. The van der Waals surface area contributed by atoms with E-state index < -0.39 is 0 Å². The van der Waals surface area contributed by atoms with E-state index >= 15 is 0 Å². The molecule has 0 bridgehead atoms. The Morgan fingerprint density at radius 1 is 1.15 bits per heavy atom. The van der Waals surface area contributed by atoms with Gasteiger partial charge in [-0.2, -0.15) is 0 Å². The average Bonchev–Trinajstić information content (AvgIpc) is 2.98. The van der Waals surface area contributed by atoms with Gasteiger partial charge in [0.05, 0.1) is 6.61 Å². The number of ether oxygens (including phenoxy) is 1. The van der Waals surface area contributed by atoms with E-state index in [0.29, 0.717) is 6.04 Å². The van der Waals surface area contributed by atoms with E-state index in [1.807, 2.05) is 0 Å². The van der Waals surface area contributed by atoms with Crippen LogP contribution in [0.5, 0.6) is 0 Å². The molecular weight excluding hydrogens is 162 g/mol. The Morgan fingerprint density at radius 2 is 2.08 bits per heavy atom. The summed E-state index contributed by atoms with van der Waals surface area (Å²) in [6, 6.07) is 0.646. The summed E-state index contributed by atoms with van der Waals surface area (Å²) in [5.41, 5.74) is 0. The number of hydrogen-bond acceptors (Lipinski definition) is 2. The predicted molar refractivity (Wildman–Crippen MR) is 53.8 cm³/mol. The summed E-state index contributed by atoms with van der Waals surface area (Å²) in [7, 11) is 0. The van der Waals surface area contributed by atoms with Gasteiger partial charge >= 0.3 is 0 Å². The maximum atomic E-state index is 5.66. The molecule has 1 aliphatic heterocycles. The van der Waals surface area contributed by atoms with Crippen LogP contribution in [0.25, 0.3) is 0 Å². The van der Waals surface area contributed by atoms with Gasteiger partial charge in [0.15, 0.2) is 0 Å². The van der Waals surface area contributed by atoms with Gasteiger partial charge in [0.2, 0.25) is 0 Å². The smallest absolute Gasteiger partial charge is 0.0619 e. The minimum atomic E-state index is 0.646. The first-order valence-corrected chi connectivity index (χ1v) is 5.76. The molecule has 2 fully saturated rings. The largest absolute Gasteiger partial charge is 0.380 e. The van der Waals surface area contributed by atoms with Crippen molar-refractivity contribution in [1.29, 1.82) is 0 Å². The van der Waals surface area contributed by atoms with Crippen molar-refractivity contribution in [2.24, 2.45) is 5.92 Å². The zero-order valence-electron chi connectivity index (χ0n) is 8.43. The molecule has 0 aromatic rings. The van der Waals surface area contributed by atoms with E-state index in [9.17, 15) is 0 Å². The maximum Gasteiger partial charge on any atom is 0.0619 e. The lowest BCUT2D eigenvalue weighted by Crippen LogP contribution is -2.37. The fourth-order valence-corrected chi connectivity index (χ4v) is 1.95. The van der Waals surface area contributed by atoms with Crippen molar-refractivity contribution in [2.45, 2.75) is 44.6 Å². The van der Waals surface area contributed by atoms with Gasteiger partial charge in [-0.3, -0.25) is 0 Å². The molecule has 1 saturated heterocycles. The van der Waals surface area contributed by atoms with Crippen molar-refractivity contribution in [3.05, 3.63) is 0 Å². The SMILES string of the molecule is C1CCC(COCCC2CC2)NC1. The van der Waals surface area contributed by atoms with Crippen LogP contribution >= 0.6 is 0 Å². The normalized spacial score (nSPS) is 29.1. The fraction of sp³-hybridized carbons (Fsp3) is 1.00. The lowest BCUT2D eigenvalue weighted by molar-refractivity contribution is 0.0984. The first-order valence-electron chi connectivity index (χ1n) is 5.76. The molecule has 2 rings (SSSR count). The Labute approximate surface area is 81.0 Å². The van der Waals surface area contributed by atoms with Gasteiger partial charge in [0.1, 0.15) is 0 Å². The van der Waals surface area contributed by atoms with Crippen LogP contribution in [0.15, 0.2) is 0 Å². The Kier molecular flexibility index (Phi) is 3.62. The average molecular weight is 183 g/mol. The van der Waals surface area contributed by atoms with Crippen molar-refractivity contribution in [3.63, 3.8) is 0 Å². The summed E-state index contributed by atoms with van der Waals surface area (Å²) in [6.07, 6.45) is 8.23. The highest BCUT2D eigenvalue weighted by Crippen LogP contribution is 2.32. The Bertz CT molecular complexity index is 139. The third kappa shape index (κ3) is 3.65. The minimum absolute atomic E-state index is 0.646. The minimum Gasteiger partial charge on any atom is -0.380 e. The van der Waals surface area contributed by atoms with E-state index in [1.165, 1.54) is 45.1 Å². The van der Waals surface area contributed by atoms with Crippen LogP contribution in [0, 0.1) is 5.92 Å². The van der Waals surface area contributed by atoms with Gasteiger partial charge in [0.25, 0.3) is 0 Å². The molecule has 76 valence electrons. The zero-order valence-corrected chi connectivity index (χ0v) is 8.43.